The van der Waals surface area contributed by atoms with Crippen molar-refractivity contribution in [3.63, 3.8) is 0 Å². The minimum Gasteiger partial charge on any atom is -0.206 e. The summed E-state index contributed by atoms with van der Waals surface area (Å²) in [5, 5.41) is -7.43. The Morgan fingerprint density at radius 3 is 1.33 bits per heavy atom. The number of benzene rings is 1. The van der Waals surface area contributed by atoms with E-state index >= 15 is 0 Å². The molecule has 3 nitrogen and oxygen atoms in total. The Morgan fingerprint density at radius 1 is 0.576 bits per heavy atom. The third-order valence-electron chi connectivity index (χ3n) is 3.95. The number of rotatable bonds is 9. The molecule has 0 radical (unpaired) electrons. The second kappa shape index (κ2) is 8.09. The number of alkyl halides is 15. The highest BCUT2D eigenvalue weighted by Crippen LogP contribution is 2.62. The Balaban J connectivity index is 3.50. The predicted octanol–water partition coefficient (Wildman–Crippen LogP) is 5.44. The molecule has 0 aliphatic rings. The van der Waals surface area contributed by atoms with Crippen molar-refractivity contribution in [2.75, 3.05) is 0 Å². The van der Waals surface area contributed by atoms with Crippen molar-refractivity contribution in [1.82, 2.24) is 4.72 Å². The number of hydrogen-bond acceptors (Lipinski definition) is 2. The van der Waals surface area contributed by atoms with Crippen molar-refractivity contribution in [2.24, 2.45) is 0 Å². The van der Waals surface area contributed by atoms with Gasteiger partial charge in [0.1, 0.15) is 0 Å². The average molecular weight is 539 g/mol. The van der Waals surface area contributed by atoms with E-state index in [0.717, 1.165) is 24.3 Å². The van der Waals surface area contributed by atoms with Gasteiger partial charge in [-0.1, -0.05) is 30.3 Å². The topological polar surface area (TPSA) is 46.2 Å². The van der Waals surface area contributed by atoms with Crippen LogP contribution in [-0.2, 0) is 16.6 Å². The molecule has 0 saturated carbocycles. The Labute approximate surface area is 173 Å². The molecule has 0 aliphatic heterocycles. The molecule has 0 spiro atoms. The standard InChI is InChI=1S/C14H8F15NO2S/c15-8(16,9(17,18)11(21,22)13(25,26)27)10(19,20)12(23,24)14(28,29)33(31,32)30-6-7-4-2-1-3-5-7/h1-5,30H,6H2. The largest absolute Gasteiger partial charge is 0.460 e. The molecule has 1 aromatic rings. The fourth-order valence-electron chi connectivity index (χ4n) is 1.99. The Bertz CT molecular complexity index is 941. The van der Waals surface area contributed by atoms with Gasteiger partial charge in [-0.05, 0) is 5.56 Å². The summed E-state index contributed by atoms with van der Waals surface area (Å²) in [5.41, 5.74) is -0.298. The summed E-state index contributed by atoms with van der Waals surface area (Å²) >= 11 is 0. The zero-order valence-corrected chi connectivity index (χ0v) is 15.8. The normalized spacial score (nSPS) is 15.6. The van der Waals surface area contributed by atoms with Gasteiger partial charge in [0.15, 0.2) is 0 Å². The van der Waals surface area contributed by atoms with Crippen molar-refractivity contribution < 1.29 is 74.3 Å². The molecule has 0 unspecified atom stereocenters. The molecule has 19 heteroatoms. The van der Waals surface area contributed by atoms with Crippen molar-refractivity contribution in [3.8, 4) is 0 Å². The molecule has 0 bridgehead atoms. The SMILES string of the molecule is O=S(=O)(NCc1ccccc1)C(F)(F)C(F)(F)C(F)(F)C(F)(F)C(F)(F)C(F)(F)C(F)(F)F. The lowest BCUT2D eigenvalue weighted by atomic mass is 9.94. The van der Waals surface area contributed by atoms with Crippen LogP contribution in [0.3, 0.4) is 0 Å². The van der Waals surface area contributed by atoms with Gasteiger partial charge in [0.25, 0.3) is 10.0 Å². The number of nitrogens with one attached hydrogen (secondary N) is 1. The highest BCUT2D eigenvalue weighted by molar-refractivity contribution is 7.90. The maximum absolute atomic E-state index is 13.8. The molecule has 0 atom stereocenters. The monoisotopic (exact) mass is 539 g/mol. The molecule has 0 fully saturated rings. The van der Waals surface area contributed by atoms with Crippen molar-refractivity contribution >= 4 is 10.0 Å². The Hall–Kier alpha value is -1.92. The summed E-state index contributed by atoms with van der Waals surface area (Å²) in [6, 6.07) is 5.46. The van der Waals surface area contributed by atoms with E-state index < -0.39 is 57.6 Å². The summed E-state index contributed by atoms with van der Waals surface area (Å²) in [5.74, 6) is -41.7. The second-order valence-corrected chi connectivity index (χ2v) is 8.00. The first-order valence-corrected chi connectivity index (χ1v) is 9.18. The van der Waals surface area contributed by atoms with Crippen LogP contribution in [0.15, 0.2) is 30.3 Å². The third kappa shape index (κ3) is 4.21. The van der Waals surface area contributed by atoms with Crippen LogP contribution < -0.4 is 4.72 Å². The van der Waals surface area contributed by atoms with Gasteiger partial charge in [-0.2, -0.15) is 65.9 Å². The maximum atomic E-state index is 13.8. The first kappa shape index (κ1) is 29.1. The van der Waals surface area contributed by atoms with Crippen LogP contribution >= 0.6 is 0 Å². The highest BCUT2D eigenvalue weighted by atomic mass is 32.2. The van der Waals surface area contributed by atoms with Gasteiger partial charge in [0.05, 0.1) is 0 Å². The summed E-state index contributed by atoms with van der Waals surface area (Å²) in [4.78, 5) is 0. The van der Waals surface area contributed by atoms with E-state index in [-0.39, 0.29) is 5.56 Å². The van der Waals surface area contributed by atoms with Crippen LogP contribution in [0.4, 0.5) is 65.9 Å². The molecule has 1 aromatic carbocycles. The van der Waals surface area contributed by atoms with Gasteiger partial charge in [-0.15, -0.1) is 0 Å². The van der Waals surface area contributed by atoms with Crippen LogP contribution in [-0.4, -0.2) is 49.5 Å². The lowest BCUT2D eigenvalue weighted by Gasteiger charge is -2.41. The van der Waals surface area contributed by atoms with Gasteiger partial charge < -0.3 is 0 Å². The molecule has 0 aromatic heterocycles. The van der Waals surface area contributed by atoms with Crippen LogP contribution in [0.2, 0.25) is 0 Å². The van der Waals surface area contributed by atoms with Crippen molar-refractivity contribution in [3.05, 3.63) is 35.9 Å². The maximum Gasteiger partial charge on any atom is 0.460 e. The van der Waals surface area contributed by atoms with E-state index in [4.69, 9.17) is 0 Å². The van der Waals surface area contributed by atoms with Crippen LogP contribution in [0.25, 0.3) is 0 Å². The molecular weight excluding hydrogens is 531 g/mol. The van der Waals surface area contributed by atoms with E-state index in [0.29, 0.717) is 4.72 Å². The number of hydrogen-bond donors (Lipinski definition) is 1. The predicted molar refractivity (Wildman–Crippen MR) is 77.9 cm³/mol. The fourth-order valence-corrected chi connectivity index (χ4v) is 2.99. The summed E-state index contributed by atoms with van der Waals surface area (Å²) in [6.45, 7) is -1.36. The second-order valence-electron chi connectivity index (χ2n) is 6.20. The number of halogens is 15. The lowest BCUT2D eigenvalue weighted by molar-refractivity contribution is -0.447. The lowest BCUT2D eigenvalue weighted by Crippen LogP contribution is -2.73. The van der Waals surface area contributed by atoms with E-state index in [1.807, 2.05) is 0 Å². The summed E-state index contributed by atoms with van der Waals surface area (Å²) in [6.07, 6.45) is -7.74. The van der Waals surface area contributed by atoms with Gasteiger partial charge in [0.2, 0.25) is 0 Å². The van der Waals surface area contributed by atoms with Crippen LogP contribution in [0.1, 0.15) is 5.56 Å². The molecular formula is C14H8F15NO2S. The Morgan fingerprint density at radius 2 is 0.939 bits per heavy atom. The molecule has 0 saturated heterocycles. The third-order valence-corrected chi connectivity index (χ3v) is 5.40. The number of sulfonamides is 1. The quantitative estimate of drug-likeness (QED) is 0.426. The molecule has 0 aliphatic carbocycles. The minimum absolute atomic E-state index is 0.298. The molecule has 0 amide bonds. The van der Waals surface area contributed by atoms with Crippen LogP contribution in [0, 0.1) is 0 Å². The fraction of sp³-hybridized carbons (Fsp3) is 0.571. The molecule has 1 N–H and O–H groups in total. The van der Waals surface area contributed by atoms with E-state index in [1.54, 1.807) is 0 Å². The Kier molecular flexibility index (Phi) is 7.14. The smallest absolute Gasteiger partial charge is 0.206 e. The molecule has 1 rings (SSSR count). The van der Waals surface area contributed by atoms with Gasteiger partial charge >= 0.3 is 41.0 Å². The van der Waals surface area contributed by atoms with Crippen molar-refractivity contribution in [2.45, 2.75) is 47.6 Å². The van der Waals surface area contributed by atoms with E-state index in [9.17, 15) is 74.3 Å². The summed E-state index contributed by atoms with van der Waals surface area (Å²) < 4.78 is 220. The first-order chi connectivity index (χ1) is 14.3. The van der Waals surface area contributed by atoms with E-state index in [1.165, 1.54) is 6.07 Å². The van der Waals surface area contributed by atoms with E-state index in [2.05, 4.69) is 0 Å². The zero-order valence-electron chi connectivity index (χ0n) is 15.0. The van der Waals surface area contributed by atoms with Gasteiger partial charge in [-0.25, -0.2) is 13.1 Å². The van der Waals surface area contributed by atoms with Gasteiger partial charge in [-0.3, -0.25) is 0 Å². The minimum atomic E-state index is -8.55. The van der Waals surface area contributed by atoms with Gasteiger partial charge in [0, 0.05) is 6.54 Å². The molecule has 33 heavy (non-hydrogen) atoms. The van der Waals surface area contributed by atoms with Crippen molar-refractivity contribution in [1.29, 1.82) is 0 Å². The average Bonchev–Trinajstić information content (AvgIpc) is 2.65. The highest BCUT2D eigenvalue weighted by Gasteiger charge is 2.94. The first-order valence-electron chi connectivity index (χ1n) is 7.69. The summed E-state index contributed by atoms with van der Waals surface area (Å²) in [7, 11) is -7.17. The molecule has 0 heterocycles. The molecule has 192 valence electrons. The van der Waals surface area contributed by atoms with Crippen LogP contribution in [0.5, 0.6) is 0 Å². The zero-order chi connectivity index (χ0) is 26.5.